The van der Waals surface area contributed by atoms with E-state index in [9.17, 15) is 19.2 Å². The fraction of sp³-hybridized carbons (Fsp3) is 0.0526. The number of carboxylic acid groups (broad SMARTS) is 2. The van der Waals surface area contributed by atoms with Gasteiger partial charge < -0.3 is 20.8 Å². The third kappa shape index (κ3) is 6.96. The van der Waals surface area contributed by atoms with E-state index in [0.717, 1.165) is 17.0 Å². The summed E-state index contributed by atoms with van der Waals surface area (Å²) in [4.78, 5) is 45.6. The lowest BCUT2D eigenvalue weighted by atomic mass is 10.2. The van der Waals surface area contributed by atoms with E-state index in [1.54, 1.807) is 24.3 Å². The lowest BCUT2D eigenvalue weighted by Gasteiger charge is -2.07. The number of carboxylic acids is 2. The van der Waals surface area contributed by atoms with Crippen molar-refractivity contribution in [2.75, 3.05) is 16.4 Å². The molecule has 0 bridgehead atoms. The summed E-state index contributed by atoms with van der Waals surface area (Å²) in [5, 5.41) is 22.6. The van der Waals surface area contributed by atoms with Crippen LogP contribution < -0.4 is 10.6 Å². The number of hydrogen-bond acceptors (Lipinski definition) is 5. The standard InChI is InChI=1S/C19H16N2O6S/c22-16(8-9-18(24)25)21-14-2-1-3-15(10-14)28-11-17(23)20-13-6-4-12(5-7-13)19(26)27/h1-10H,11H2,(H,20,23)(H,21,22)(H,24,25)(H,26,27)/b9-8+. The molecule has 0 aromatic heterocycles. The highest BCUT2D eigenvalue weighted by Gasteiger charge is 2.07. The molecule has 9 heteroatoms. The van der Waals surface area contributed by atoms with Crippen molar-refractivity contribution in [3.05, 3.63) is 66.2 Å². The van der Waals surface area contributed by atoms with Crippen LogP contribution in [0.15, 0.2) is 65.6 Å². The second-order valence-corrected chi connectivity index (χ2v) is 6.46. The van der Waals surface area contributed by atoms with E-state index in [1.165, 1.54) is 36.0 Å². The van der Waals surface area contributed by atoms with E-state index in [4.69, 9.17) is 10.2 Å². The predicted molar refractivity (Wildman–Crippen MR) is 105 cm³/mol. The third-order valence-corrected chi connectivity index (χ3v) is 4.26. The number of carbonyl (C=O) groups is 4. The molecular formula is C19H16N2O6S. The van der Waals surface area contributed by atoms with Gasteiger partial charge in [-0.3, -0.25) is 9.59 Å². The largest absolute Gasteiger partial charge is 0.478 e. The number of benzene rings is 2. The molecule has 8 nitrogen and oxygen atoms in total. The van der Waals surface area contributed by atoms with Crippen LogP contribution in [0.25, 0.3) is 0 Å². The van der Waals surface area contributed by atoms with Crippen LogP contribution in [0.2, 0.25) is 0 Å². The van der Waals surface area contributed by atoms with Crippen LogP contribution in [0.1, 0.15) is 10.4 Å². The van der Waals surface area contributed by atoms with Crippen LogP contribution in [0.4, 0.5) is 11.4 Å². The molecule has 2 aromatic carbocycles. The normalized spacial score (nSPS) is 10.4. The summed E-state index contributed by atoms with van der Waals surface area (Å²) in [5.74, 6) is -3.00. The molecule has 0 atom stereocenters. The van der Waals surface area contributed by atoms with Gasteiger partial charge in [-0.05, 0) is 42.5 Å². The van der Waals surface area contributed by atoms with Crippen LogP contribution in [0.5, 0.6) is 0 Å². The first-order valence-electron chi connectivity index (χ1n) is 7.91. The van der Waals surface area contributed by atoms with Gasteiger partial charge in [-0.25, -0.2) is 9.59 Å². The predicted octanol–water partition coefficient (Wildman–Crippen LogP) is 2.69. The van der Waals surface area contributed by atoms with Crippen molar-refractivity contribution in [2.45, 2.75) is 4.90 Å². The van der Waals surface area contributed by atoms with Gasteiger partial charge in [-0.15, -0.1) is 11.8 Å². The summed E-state index contributed by atoms with van der Waals surface area (Å²) < 4.78 is 0. The highest BCUT2D eigenvalue weighted by molar-refractivity contribution is 8.00. The molecule has 0 radical (unpaired) electrons. The smallest absolute Gasteiger partial charge is 0.335 e. The van der Waals surface area contributed by atoms with Crippen LogP contribution in [0.3, 0.4) is 0 Å². The first-order chi connectivity index (χ1) is 13.3. The monoisotopic (exact) mass is 400 g/mol. The topological polar surface area (TPSA) is 133 Å². The van der Waals surface area contributed by atoms with Gasteiger partial charge in [0.25, 0.3) is 0 Å². The average molecular weight is 400 g/mol. The minimum atomic E-state index is -1.22. The Labute approximate surface area is 164 Å². The molecule has 144 valence electrons. The first kappa shape index (κ1) is 20.7. The Morgan fingerprint density at radius 2 is 1.61 bits per heavy atom. The van der Waals surface area contributed by atoms with Crippen molar-refractivity contribution in [1.82, 2.24) is 0 Å². The zero-order chi connectivity index (χ0) is 20.5. The number of amides is 2. The van der Waals surface area contributed by atoms with Crippen molar-refractivity contribution >= 4 is 46.9 Å². The lowest BCUT2D eigenvalue weighted by Crippen LogP contribution is -2.14. The van der Waals surface area contributed by atoms with E-state index in [2.05, 4.69) is 10.6 Å². The maximum absolute atomic E-state index is 12.0. The Hall–Kier alpha value is -3.59. The molecular weight excluding hydrogens is 384 g/mol. The van der Waals surface area contributed by atoms with Crippen LogP contribution >= 0.6 is 11.8 Å². The number of nitrogens with one attached hydrogen (secondary N) is 2. The summed E-state index contributed by atoms with van der Waals surface area (Å²) in [6.07, 6.45) is 1.65. The van der Waals surface area contributed by atoms with Crippen molar-refractivity contribution in [3.8, 4) is 0 Å². The molecule has 0 aliphatic heterocycles. The Balaban J connectivity index is 1.88. The van der Waals surface area contributed by atoms with Gasteiger partial charge in [0.05, 0.1) is 11.3 Å². The number of hydrogen-bond donors (Lipinski definition) is 4. The van der Waals surface area contributed by atoms with E-state index < -0.39 is 17.8 Å². The molecule has 0 aliphatic carbocycles. The van der Waals surface area contributed by atoms with E-state index in [0.29, 0.717) is 11.4 Å². The summed E-state index contributed by atoms with van der Waals surface area (Å²) >= 11 is 1.25. The fourth-order valence-electron chi connectivity index (χ4n) is 2.04. The molecule has 0 saturated heterocycles. The Morgan fingerprint density at radius 1 is 0.893 bits per heavy atom. The quantitative estimate of drug-likeness (QED) is 0.395. The maximum atomic E-state index is 12.0. The molecule has 0 unspecified atom stereocenters. The zero-order valence-corrected chi connectivity index (χ0v) is 15.2. The zero-order valence-electron chi connectivity index (χ0n) is 14.4. The van der Waals surface area contributed by atoms with E-state index in [-0.39, 0.29) is 17.2 Å². The summed E-state index contributed by atoms with van der Waals surface area (Å²) in [5.41, 5.74) is 1.08. The van der Waals surface area contributed by atoms with Crippen molar-refractivity contribution < 1.29 is 29.4 Å². The minimum absolute atomic E-state index is 0.108. The minimum Gasteiger partial charge on any atom is -0.478 e. The maximum Gasteiger partial charge on any atom is 0.335 e. The first-order valence-corrected chi connectivity index (χ1v) is 8.90. The highest BCUT2D eigenvalue weighted by Crippen LogP contribution is 2.22. The number of rotatable bonds is 8. The Kier molecular flexibility index (Phi) is 7.35. The number of aliphatic carboxylic acids is 1. The molecule has 2 amide bonds. The second-order valence-electron chi connectivity index (χ2n) is 5.41. The molecule has 4 N–H and O–H groups in total. The molecule has 0 aliphatic rings. The molecule has 28 heavy (non-hydrogen) atoms. The van der Waals surface area contributed by atoms with E-state index in [1.807, 2.05) is 0 Å². The number of thioether (sulfide) groups is 1. The Bertz CT molecular complexity index is 924. The van der Waals surface area contributed by atoms with Crippen LogP contribution in [-0.2, 0) is 14.4 Å². The van der Waals surface area contributed by atoms with Crippen LogP contribution in [0, 0.1) is 0 Å². The van der Waals surface area contributed by atoms with E-state index >= 15 is 0 Å². The number of carbonyl (C=O) groups excluding carboxylic acids is 2. The Morgan fingerprint density at radius 3 is 2.25 bits per heavy atom. The number of anilines is 2. The van der Waals surface area contributed by atoms with Gasteiger partial charge in [-0.1, -0.05) is 6.07 Å². The summed E-state index contributed by atoms with van der Waals surface area (Å²) in [6, 6.07) is 12.6. The second kappa shape index (κ2) is 9.93. The van der Waals surface area contributed by atoms with Crippen molar-refractivity contribution in [1.29, 1.82) is 0 Å². The van der Waals surface area contributed by atoms with Gasteiger partial charge in [0, 0.05) is 28.4 Å². The van der Waals surface area contributed by atoms with Crippen molar-refractivity contribution in [2.24, 2.45) is 0 Å². The van der Waals surface area contributed by atoms with Gasteiger partial charge in [0.15, 0.2) is 0 Å². The van der Waals surface area contributed by atoms with Gasteiger partial charge in [0.2, 0.25) is 11.8 Å². The summed E-state index contributed by atoms with van der Waals surface area (Å²) in [7, 11) is 0. The molecule has 0 fully saturated rings. The number of aromatic carboxylic acids is 1. The lowest BCUT2D eigenvalue weighted by molar-refractivity contribution is -0.131. The molecule has 0 heterocycles. The summed E-state index contributed by atoms with van der Waals surface area (Å²) in [6.45, 7) is 0. The fourth-order valence-corrected chi connectivity index (χ4v) is 2.79. The molecule has 0 spiro atoms. The van der Waals surface area contributed by atoms with Gasteiger partial charge >= 0.3 is 11.9 Å². The average Bonchev–Trinajstić information content (AvgIpc) is 2.65. The molecule has 2 aromatic rings. The highest BCUT2D eigenvalue weighted by atomic mass is 32.2. The molecule has 2 rings (SSSR count). The third-order valence-electron chi connectivity index (χ3n) is 3.26. The van der Waals surface area contributed by atoms with Crippen molar-refractivity contribution in [3.63, 3.8) is 0 Å². The van der Waals surface area contributed by atoms with Gasteiger partial charge in [-0.2, -0.15) is 0 Å². The van der Waals surface area contributed by atoms with Gasteiger partial charge in [0.1, 0.15) is 0 Å². The SMILES string of the molecule is O=C(O)/C=C/C(=O)Nc1cccc(SCC(=O)Nc2ccc(C(=O)O)cc2)c1. The molecule has 0 saturated carbocycles. The van der Waals surface area contributed by atoms with Crippen LogP contribution in [-0.4, -0.2) is 39.7 Å².